The van der Waals surface area contributed by atoms with E-state index in [-0.39, 0.29) is 0 Å². The van der Waals surface area contributed by atoms with Gasteiger partial charge in [-0.05, 0) is 59.0 Å². The van der Waals surface area contributed by atoms with E-state index in [1.807, 2.05) is 0 Å². The average molecular weight is 466 g/mol. The summed E-state index contributed by atoms with van der Waals surface area (Å²) in [4.78, 5) is 12.9. The predicted molar refractivity (Wildman–Crippen MR) is 146 cm³/mol. The summed E-state index contributed by atoms with van der Waals surface area (Å²) >= 11 is 0. The molecule has 0 amide bonds. The predicted octanol–water partition coefficient (Wildman–Crippen LogP) is 9.55. The monoisotopic (exact) mass is 465 g/mol. The fraction of sp³-hybridized carbons (Fsp3) is 0.900. The van der Waals surface area contributed by atoms with Crippen molar-refractivity contribution in [2.45, 2.75) is 161 Å². The molecule has 1 atom stereocenters. The van der Waals surface area contributed by atoms with Gasteiger partial charge in [0.25, 0.3) is 0 Å². The Balaban J connectivity index is 3.42. The Bertz CT molecular complexity index is 433. The van der Waals surface area contributed by atoms with E-state index in [1.54, 1.807) is 0 Å². The number of carbonyl (C=O) groups is 1. The molecule has 0 aliphatic carbocycles. The topological polar surface area (TPSA) is 40.5 Å². The Hall–Kier alpha value is -0.830. The summed E-state index contributed by atoms with van der Waals surface area (Å²) in [5.41, 5.74) is 0. The van der Waals surface area contributed by atoms with Gasteiger partial charge in [0.05, 0.1) is 0 Å². The fourth-order valence-corrected chi connectivity index (χ4v) is 4.65. The summed E-state index contributed by atoms with van der Waals surface area (Å²) in [7, 11) is 4.53. The van der Waals surface area contributed by atoms with Crippen molar-refractivity contribution in [2.75, 3.05) is 14.1 Å². The lowest BCUT2D eigenvalue weighted by Gasteiger charge is -2.24. The molecule has 0 aromatic heterocycles. The van der Waals surface area contributed by atoms with Crippen LogP contribution in [0, 0.1) is 0 Å². The second-order valence-corrected chi connectivity index (χ2v) is 10.4. The summed E-state index contributed by atoms with van der Waals surface area (Å²) in [5, 5.41) is 8.61. The van der Waals surface area contributed by atoms with E-state index in [0.717, 1.165) is 18.9 Å². The SMILES string of the molecule is CCCCCCCCCC(CCCCCCCCC=CCCCCCCCC(=O)O)N(C)C. The molecule has 0 bridgehead atoms. The molecule has 196 valence electrons. The Morgan fingerprint density at radius 3 is 1.45 bits per heavy atom. The Labute approximate surface area is 207 Å². The van der Waals surface area contributed by atoms with Crippen LogP contribution >= 0.6 is 0 Å². The minimum atomic E-state index is -0.662. The summed E-state index contributed by atoms with van der Waals surface area (Å²) < 4.78 is 0. The van der Waals surface area contributed by atoms with E-state index in [2.05, 4.69) is 38.1 Å². The van der Waals surface area contributed by atoms with Gasteiger partial charge in [-0.25, -0.2) is 0 Å². The van der Waals surface area contributed by atoms with E-state index in [4.69, 9.17) is 5.11 Å². The number of allylic oxidation sites excluding steroid dienone is 2. The molecule has 33 heavy (non-hydrogen) atoms. The van der Waals surface area contributed by atoms with Crippen molar-refractivity contribution in [1.82, 2.24) is 4.90 Å². The van der Waals surface area contributed by atoms with Crippen LogP contribution in [0.25, 0.3) is 0 Å². The van der Waals surface area contributed by atoms with Crippen LogP contribution in [0.3, 0.4) is 0 Å². The van der Waals surface area contributed by atoms with Gasteiger partial charge < -0.3 is 10.0 Å². The molecule has 0 saturated heterocycles. The molecule has 0 radical (unpaired) electrons. The van der Waals surface area contributed by atoms with Gasteiger partial charge in [-0.15, -0.1) is 0 Å². The number of rotatable bonds is 26. The van der Waals surface area contributed by atoms with Gasteiger partial charge in [0.1, 0.15) is 0 Å². The normalized spacial score (nSPS) is 12.7. The van der Waals surface area contributed by atoms with Crippen LogP contribution in [0.2, 0.25) is 0 Å². The van der Waals surface area contributed by atoms with Crippen LogP contribution in [0.15, 0.2) is 12.2 Å². The minimum absolute atomic E-state index is 0.329. The van der Waals surface area contributed by atoms with Gasteiger partial charge in [-0.1, -0.05) is 115 Å². The van der Waals surface area contributed by atoms with E-state index < -0.39 is 5.97 Å². The Morgan fingerprint density at radius 2 is 1.03 bits per heavy atom. The van der Waals surface area contributed by atoms with Crippen molar-refractivity contribution in [3.63, 3.8) is 0 Å². The molecule has 0 saturated carbocycles. The fourth-order valence-electron chi connectivity index (χ4n) is 4.65. The molecule has 3 heteroatoms. The van der Waals surface area contributed by atoms with Gasteiger partial charge in [-0.2, -0.15) is 0 Å². The van der Waals surface area contributed by atoms with Gasteiger partial charge >= 0.3 is 5.97 Å². The third-order valence-electron chi connectivity index (χ3n) is 6.96. The number of hydrogen-bond donors (Lipinski definition) is 1. The van der Waals surface area contributed by atoms with Crippen LogP contribution in [0.1, 0.15) is 155 Å². The van der Waals surface area contributed by atoms with E-state index >= 15 is 0 Å². The Morgan fingerprint density at radius 1 is 0.636 bits per heavy atom. The number of hydrogen-bond acceptors (Lipinski definition) is 2. The maximum absolute atomic E-state index is 10.5. The molecule has 0 aromatic carbocycles. The van der Waals surface area contributed by atoms with Crippen molar-refractivity contribution in [3.05, 3.63) is 12.2 Å². The van der Waals surface area contributed by atoms with Crippen molar-refractivity contribution in [2.24, 2.45) is 0 Å². The second kappa shape index (κ2) is 25.8. The molecule has 1 N–H and O–H groups in total. The third-order valence-corrected chi connectivity index (χ3v) is 6.96. The standard InChI is InChI=1S/C30H59NO2/c1-4-5-6-7-17-20-23-26-29(31(2)3)27-24-21-18-15-13-11-9-8-10-12-14-16-19-22-25-28-30(32)33/h8,10,29H,4-7,9,11-28H2,1-3H3,(H,32,33). The van der Waals surface area contributed by atoms with Crippen LogP contribution in [-0.4, -0.2) is 36.1 Å². The summed E-state index contributed by atoms with van der Waals surface area (Å²) in [6.07, 6.45) is 34.0. The Kier molecular flexibility index (Phi) is 25.1. The molecule has 0 aliphatic rings. The lowest BCUT2D eigenvalue weighted by Crippen LogP contribution is -2.27. The molecule has 1 unspecified atom stereocenters. The van der Waals surface area contributed by atoms with Gasteiger partial charge in [0.15, 0.2) is 0 Å². The first kappa shape index (κ1) is 32.2. The zero-order valence-electron chi connectivity index (χ0n) is 22.8. The summed E-state index contributed by atoms with van der Waals surface area (Å²) in [6.45, 7) is 2.29. The first-order valence-corrected chi connectivity index (χ1v) is 14.6. The van der Waals surface area contributed by atoms with E-state index in [9.17, 15) is 4.79 Å². The average Bonchev–Trinajstić information content (AvgIpc) is 2.78. The van der Waals surface area contributed by atoms with Crippen LogP contribution in [0.5, 0.6) is 0 Å². The molecule has 0 spiro atoms. The zero-order chi connectivity index (χ0) is 24.4. The van der Waals surface area contributed by atoms with Crippen molar-refractivity contribution >= 4 is 5.97 Å². The largest absolute Gasteiger partial charge is 0.481 e. The lowest BCUT2D eigenvalue weighted by atomic mass is 9.99. The number of carboxylic acid groups (broad SMARTS) is 1. The van der Waals surface area contributed by atoms with Crippen molar-refractivity contribution in [1.29, 1.82) is 0 Å². The number of unbranched alkanes of at least 4 members (excludes halogenated alkanes) is 17. The number of aliphatic carboxylic acids is 1. The van der Waals surface area contributed by atoms with Gasteiger partial charge in [-0.3, -0.25) is 4.79 Å². The molecule has 0 heterocycles. The highest BCUT2D eigenvalue weighted by atomic mass is 16.4. The van der Waals surface area contributed by atoms with Crippen LogP contribution in [-0.2, 0) is 4.79 Å². The first-order valence-electron chi connectivity index (χ1n) is 14.6. The van der Waals surface area contributed by atoms with Crippen LogP contribution < -0.4 is 0 Å². The van der Waals surface area contributed by atoms with E-state index in [0.29, 0.717) is 6.42 Å². The smallest absolute Gasteiger partial charge is 0.303 e. The highest BCUT2D eigenvalue weighted by molar-refractivity contribution is 5.66. The van der Waals surface area contributed by atoms with Gasteiger partial charge in [0, 0.05) is 12.5 Å². The molecule has 0 rings (SSSR count). The molecule has 0 fully saturated rings. The quantitative estimate of drug-likeness (QED) is 0.102. The third kappa shape index (κ3) is 25.6. The maximum atomic E-state index is 10.5. The van der Waals surface area contributed by atoms with Gasteiger partial charge in [0.2, 0.25) is 0 Å². The molecular formula is C30H59NO2. The van der Waals surface area contributed by atoms with Crippen LogP contribution in [0.4, 0.5) is 0 Å². The lowest BCUT2D eigenvalue weighted by molar-refractivity contribution is -0.137. The highest BCUT2D eigenvalue weighted by Gasteiger charge is 2.10. The number of carboxylic acids is 1. The van der Waals surface area contributed by atoms with Crippen molar-refractivity contribution < 1.29 is 9.90 Å². The molecule has 0 aromatic rings. The van der Waals surface area contributed by atoms with Crippen molar-refractivity contribution in [3.8, 4) is 0 Å². The molecule has 3 nitrogen and oxygen atoms in total. The zero-order valence-corrected chi connectivity index (χ0v) is 22.8. The number of nitrogens with zero attached hydrogens (tertiary/aromatic N) is 1. The summed E-state index contributed by atoms with van der Waals surface area (Å²) in [6, 6.07) is 0.788. The first-order chi connectivity index (χ1) is 16.1. The van der Waals surface area contributed by atoms with E-state index in [1.165, 1.54) is 128 Å². The maximum Gasteiger partial charge on any atom is 0.303 e. The highest BCUT2D eigenvalue weighted by Crippen LogP contribution is 2.17. The second-order valence-electron chi connectivity index (χ2n) is 10.4. The minimum Gasteiger partial charge on any atom is -0.481 e. The summed E-state index contributed by atoms with van der Waals surface area (Å²) in [5.74, 6) is -0.662. The molecule has 0 aliphatic heterocycles. The molecular weight excluding hydrogens is 406 g/mol.